The van der Waals surface area contributed by atoms with Gasteiger partial charge in [0.05, 0.1) is 0 Å². The van der Waals surface area contributed by atoms with E-state index in [2.05, 4.69) is 14.2 Å². The van der Waals surface area contributed by atoms with Crippen LogP contribution in [-0.4, -0.2) is 11.3 Å². The molecule has 0 radical (unpaired) electrons. The number of carbonyl (C=O) groups is 1. The van der Waals surface area contributed by atoms with Crippen molar-refractivity contribution in [2.45, 2.75) is 0 Å². The first kappa shape index (κ1) is 6.37. The molecule has 0 saturated carbocycles. The van der Waals surface area contributed by atoms with Crippen LogP contribution in [-0.2, 0) is 0 Å². The highest BCUT2D eigenvalue weighted by Gasteiger charge is 1.87. The molecule has 2 nitrogen and oxygen atoms in total. The van der Waals surface area contributed by atoms with E-state index in [0.29, 0.717) is 5.56 Å². The minimum atomic E-state index is 0.613. The van der Waals surface area contributed by atoms with Crippen molar-refractivity contribution in [3.8, 4) is 0 Å². The quantitative estimate of drug-likeness (QED) is 0.416. The maximum atomic E-state index is 10.1. The van der Waals surface area contributed by atoms with E-state index in [0.717, 1.165) is 11.6 Å². The zero-order valence-electron chi connectivity index (χ0n) is 4.74. The molecular formula is C6H6NOP. The molecule has 0 N–H and O–H groups in total. The fraction of sp³-hybridized carbons (Fsp3) is 0. The molecule has 0 aromatic carbocycles. The topological polar surface area (TPSA) is 30.0 Å². The lowest BCUT2D eigenvalue weighted by Crippen LogP contribution is -1.93. The summed E-state index contributed by atoms with van der Waals surface area (Å²) >= 11 is 0. The second-order valence-electron chi connectivity index (χ2n) is 1.67. The van der Waals surface area contributed by atoms with Crippen LogP contribution in [0.3, 0.4) is 0 Å². The Morgan fingerprint density at radius 1 is 1.56 bits per heavy atom. The van der Waals surface area contributed by atoms with Crippen LogP contribution in [0.2, 0.25) is 0 Å². The molecule has 1 aromatic heterocycles. The van der Waals surface area contributed by atoms with Crippen LogP contribution in [0, 0.1) is 0 Å². The summed E-state index contributed by atoms with van der Waals surface area (Å²) in [6.45, 7) is 0. The first-order valence-electron chi connectivity index (χ1n) is 2.48. The highest BCUT2D eigenvalue weighted by Crippen LogP contribution is 1.91. The maximum absolute atomic E-state index is 10.1. The zero-order chi connectivity index (χ0) is 6.69. The molecular weight excluding hydrogens is 133 g/mol. The van der Waals surface area contributed by atoms with Gasteiger partial charge in [-0.1, -0.05) is 0 Å². The second kappa shape index (κ2) is 2.70. The van der Waals surface area contributed by atoms with Gasteiger partial charge in [0.1, 0.15) is 0 Å². The van der Waals surface area contributed by atoms with Crippen molar-refractivity contribution in [3.05, 3.63) is 24.0 Å². The number of carbonyl (C=O) groups excluding carboxylic acids is 1. The number of nitrogens with zero attached hydrogens (tertiary/aromatic N) is 1. The van der Waals surface area contributed by atoms with Crippen molar-refractivity contribution in [3.63, 3.8) is 0 Å². The standard InChI is InChI=1S/C6H6NOP/c8-4-5-1-6(9)3-7-2-5/h1-4H,9H2. The Balaban J connectivity index is 3.07. The van der Waals surface area contributed by atoms with Gasteiger partial charge in [-0.2, -0.15) is 0 Å². The highest BCUT2D eigenvalue weighted by atomic mass is 31.0. The molecule has 0 aliphatic heterocycles. The molecule has 46 valence electrons. The predicted molar refractivity (Wildman–Crippen MR) is 39.0 cm³/mol. The summed E-state index contributed by atoms with van der Waals surface area (Å²) in [4.78, 5) is 13.9. The molecule has 0 spiro atoms. The van der Waals surface area contributed by atoms with E-state index in [1.807, 2.05) is 0 Å². The highest BCUT2D eigenvalue weighted by molar-refractivity contribution is 7.27. The minimum absolute atomic E-state index is 0.613. The largest absolute Gasteiger partial charge is 0.298 e. The number of rotatable bonds is 1. The lowest BCUT2D eigenvalue weighted by atomic mass is 10.3. The molecule has 0 aliphatic rings. The third-order valence-corrected chi connectivity index (χ3v) is 1.23. The van der Waals surface area contributed by atoms with E-state index in [1.165, 1.54) is 6.20 Å². The Morgan fingerprint density at radius 3 is 2.78 bits per heavy atom. The van der Waals surface area contributed by atoms with Gasteiger partial charge in [0.2, 0.25) is 0 Å². The Labute approximate surface area is 55.5 Å². The van der Waals surface area contributed by atoms with Crippen molar-refractivity contribution in [1.82, 2.24) is 4.98 Å². The van der Waals surface area contributed by atoms with E-state index in [1.54, 1.807) is 12.3 Å². The molecule has 9 heavy (non-hydrogen) atoms. The SMILES string of the molecule is O=Cc1cncc(P)c1. The van der Waals surface area contributed by atoms with Crippen molar-refractivity contribution < 1.29 is 4.79 Å². The Bertz CT molecular complexity index is 224. The lowest BCUT2D eigenvalue weighted by Gasteiger charge is -1.89. The fourth-order valence-corrected chi connectivity index (χ4v) is 0.819. The number of aromatic nitrogens is 1. The van der Waals surface area contributed by atoms with Crippen LogP contribution < -0.4 is 5.30 Å². The maximum Gasteiger partial charge on any atom is 0.151 e. The van der Waals surface area contributed by atoms with E-state index >= 15 is 0 Å². The van der Waals surface area contributed by atoms with Gasteiger partial charge in [0.15, 0.2) is 6.29 Å². The molecule has 3 heteroatoms. The van der Waals surface area contributed by atoms with Crippen molar-refractivity contribution in [1.29, 1.82) is 0 Å². The van der Waals surface area contributed by atoms with Crippen LogP contribution in [0.25, 0.3) is 0 Å². The normalized spacial score (nSPS) is 9.00. The average molecular weight is 139 g/mol. The second-order valence-corrected chi connectivity index (χ2v) is 2.34. The van der Waals surface area contributed by atoms with Gasteiger partial charge in [0, 0.05) is 18.0 Å². The van der Waals surface area contributed by atoms with Crippen LogP contribution in [0.1, 0.15) is 10.4 Å². The van der Waals surface area contributed by atoms with Crippen molar-refractivity contribution in [2.24, 2.45) is 0 Å². The Hall–Kier alpha value is -0.750. The van der Waals surface area contributed by atoms with Gasteiger partial charge < -0.3 is 0 Å². The van der Waals surface area contributed by atoms with Gasteiger partial charge in [-0.3, -0.25) is 9.78 Å². The summed E-state index contributed by atoms with van der Waals surface area (Å²) in [5.74, 6) is 0. The van der Waals surface area contributed by atoms with E-state index in [4.69, 9.17) is 0 Å². The van der Waals surface area contributed by atoms with Gasteiger partial charge >= 0.3 is 0 Å². The molecule has 1 unspecified atom stereocenters. The van der Waals surface area contributed by atoms with Crippen LogP contribution in [0.4, 0.5) is 0 Å². The molecule has 1 atom stereocenters. The summed E-state index contributed by atoms with van der Waals surface area (Å²) in [6, 6.07) is 1.75. The lowest BCUT2D eigenvalue weighted by molar-refractivity contribution is 0.112. The summed E-state index contributed by atoms with van der Waals surface area (Å²) in [7, 11) is 2.47. The van der Waals surface area contributed by atoms with Crippen molar-refractivity contribution in [2.75, 3.05) is 0 Å². The third-order valence-electron chi connectivity index (χ3n) is 0.917. The Kier molecular flexibility index (Phi) is 1.91. The van der Waals surface area contributed by atoms with Gasteiger partial charge in [-0.15, -0.1) is 9.24 Å². The number of aldehydes is 1. The third kappa shape index (κ3) is 1.58. The molecule has 0 bridgehead atoms. The fourth-order valence-electron chi connectivity index (χ4n) is 0.541. The van der Waals surface area contributed by atoms with E-state index < -0.39 is 0 Å². The average Bonchev–Trinajstić information content (AvgIpc) is 1.88. The monoisotopic (exact) mass is 139 g/mol. The summed E-state index contributed by atoms with van der Waals surface area (Å²) in [6.07, 6.45) is 3.98. The molecule has 0 fully saturated rings. The predicted octanol–water partition coefficient (Wildman–Crippen LogP) is 0.394. The Morgan fingerprint density at radius 2 is 2.33 bits per heavy atom. The first-order chi connectivity index (χ1) is 4.33. The van der Waals surface area contributed by atoms with E-state index in [-0.39, 0.29) is 0 Å². The van der Waals surface area contributed by atoms with Gasteiger partial charge in [-0.05, 0) is 11.4 Å². The van der Waals surface area contributed by atoms with Gasteiger partial charge in [-0.25, -0.2) is 0 Å². The summed E-state index contributed by atoms with van der Waals surface area (Å²) < 4.78 is 0. The summed E-state index contributed by atoms with van der Waals surface area (Å²) in [5.41, 5.74) is 0.613. The van der Waals surface area contributed by atoms with E-state index in [9.17, 15) is 4.79 Å². The van der Waals surface area contributed by atoms with Gasteiger partial charge in [0.25, 0.3) is 0 Å². The zero-order valence-corrected chi connectivity index (χ0v) is 5.90. The molecule has 0 saturated heterocycles. The molecule has 0 aliphatic carbocycles. The smallest absolute Gasteiger partial charge is 0.151 e. The number of hydrogen-bond acceptors (Lipinski definition) is 2. The summed E-state index contributed by atoms with van der Waals surface area (Å²) in [5, 5.41) is 0.930. The minimum Gasteiger partial charge on any atom is -0.298 e. The van der Waals surface area contributed by atoms with Crippen LogP contribution in [0.5, 0.6) is 0 Å². The van der Waals surface area contributed by atoms with Crippen LogP contribution >= 0.6 is 9.24 Å². The number of hydrogen-bond donors (Lipinski definition) is 0. The van der Waals surface area contributed by atoms with Crippen LogP contribution in [0.15, 0.2) is 18.5 Å². The molecule has 1 aromatic rings. The molecule has 0 amide bonds. The molecule has 1 rings (SSSR count). The van der Waals surface area contributed by atoms with Crippen molar-refractivity contribution >= 4 is 20.8 Å². The number of pyridine rings is 1. The molecule has 1 heterocycles. The first-order valence-corrected chi connectivity index (χ1v) is 3.06.